The van der Waals surface area contributed by atoms with E-state index in [1.165, 1.54) is 17.1 Å². The van der Waals surface area contributed by atoms with Crippen molar-refractivity contribution < 1.29 is 19.9 Å². The van der Waals surface area contributed by atoms with E-state index < -0.39 is 35.4 Å². The zero-order valence-corrected chi connectivity index (χ0v) is 15.0. The average molecular weight is 391 g/mol. The van der Waals surface area contributed by atoms with E-state index in [0.29, 0.717) is 37.8 Å². The highest BCUT2D eigenvalue weighted by Crippen LogP contribution is 2.35. The molecule has 150 valence electrons. The summed E-state index contributed by atoms with van der Waals surface area (Å²) in [7, 11) is 0. The van der Waals surface area contributed by atoms with Crippen molar-refractivity contribution in [3.8, 4) is 12.1 Å². The van der Waals surface area contributed by atoms with Crippen molar-refractivity contribution in [2.75, 3.05) is 39.4 Å². The molecule has 4 unspecified atom stereocenters. The van der Waals surface area contributed by atoms with E-state index >= 15 is 0 Å². The number of ether oxygens (including phenoxy) is 1. The van der Waals surface area contributed by atoms with E-state index in [9.17, 15) is 20.3 Å². The van der Waals surface area contributed by atoms with Gasteiger partial charge in [-0.2, -0.15) is 10.5 Å². The Hall–Kier alpha value is -3.06. The second-order valence-corrected chi connectivity index (χ2v) is 6.66. The van der Waals surface area contributed by atoms with Crippen LogP contribution in [0, 0.1) is 32.8 Å². The van der Waals surface area contributed by atoms with Gasteiger partial charge in [0, 0.05) is 31.1 Å². The molecule has 0 aliphatic carbocycles. The van der Waals surface area contributed by atoms with Crippen LogP contribution in [0.1, 0.15) is 0 Å². The fourth-order valence-corrected chi connectivity index (χ4v) is 4.06. The molecule has 3 fully saturated rings. The summed E-state index contributed by atoms with van der Waals surface area (Å²) in [6, 6.07) is 0.396. The van der Waals surface area contributed by atoms with Gasteiger partial charge in [0.05, 0.1) is 37.5 Å². The van der Waals surface area contributed by atoms with Crippen LogP contribution in [-0.4, -0.2) is 88.2 Å². The maximum absolute atomic E-state index is 12.1. The van der Waals surface area contributed by atoms with Gasteiger partial charge in [0.1, 0.15) is 17.7 Å². The molecule has 3 heterocycles. The Morgan fingerprint density at radius 1 is 1.25 bits per heavy atom. The maximum Gasteiger partial charge on any atom is 0.260 e. The molecule has 0 amide bonds. The summed E-state index contributed by atoms with van der Waals surface area (Å²) in [5, 5.41) is 56.7. The van der Waals surface area contributed by atoms with Gasteiger partial charge in [-0.1, -0.05) is 0 Å². The highest BCUT2D eigenvalue weighted by molar-refractivity contribution is 5.20. The number of aliphatic hydroxyl groups excluding tert-OH is 1. The van der Waals surface area contributed by atoms with Crippen molar-refractivity contribution in [1.82, 2.24) is 20.4 Å². The second kappa shape index (κ2) is 7.90. The molecule has 3 aliphatic rings. The molecule has 12 heteroatoms. The lowest BCUT2D eigenvalue weighted by atomic mass is 9.88. The minimum absolute atomic E-state index is 0.206. The first kappa shape index (κ1) is 19.7. The van der Waals surface area contributed by atoms with Gasteiger partial charge >= 0.3 is 0 Å². The number of rotatable bonds is 4. The van der Waals surface area contributed by atoms with Crippen LogP contribution in [0.3, 0.4) is 0 Å². The molecule has 0 aromatic carbocycles. The monoisotopic (exact) mass is 391 g/mol. The van der Waals surface area contributed by atoms with Gasteiger partial charge in [-0.3, -0.25) is 10.1 Å². The van der Waals surface area contributed by atoms with E-state index in [0.717, 1.165) is 0 Å². The number of nitrogens with one attached hydrogen (secondary N) is 2. The molecule has 0 bridgehead atoms. The molecule has 4 atom stereocenters. The number of hydrogen-bond acceptors (Lipinski definition) is 11. The van der Waals surface area contributed by atoms with Gasteiger partial charge in [0.25, 0.3) is 6.04 Å². The third-order valence-electron chi connectivity index (χ3n) is 5.23. The van der Waals surface area contributed by atoms with Crippen molar-refractivity contribution in [3.05, 3.63) is 33.9 Å². The topological polar surface area (TPSA) is 171 Å². The van der Waals surface area contributed by atoms with Crippen LogP contribution in [0.15, 0.2) is 23.8 Å². The Morgan fingerprint density at radius 2 is 1.82 bits per heavy atom. The molecular weight excluding hydrogens is 370 g/mol. The second-order valence-electron chi connectivity index (χ2n) is 6.66. The molecule has 3 saturated heterocycles. The molecule has 0 aromatic rings. The van der Waals surface area contributed by atoms with Crippen molar-refractivity contribution >= 4 is 0 Å². The van der Waals surface area contributed by atoms with Gasteiger partial charge in [-0.25, -0.2) is 0 Å². The first-order chi connectivity index (χ1) is 13.5. The van der Waals surface area contributed by atoms with Gasteiger partial charge in [-0.05, 0) is 0 Å². The Labute approximate surface area is 161 Å². The molecule has 0 radical (unpaired) electrons. The predicted octanol–water partition coefficient (Wildman–Crippen LogP) is -2.38. The van der Waals surface area contributed by atoms with Crippen molar-refractivity contribution in [1.29, 1.82) is 10.5 Å². The number of hydrogen-bond donors (Lipinski definition) is 4. The first-order valence-electron chi connectivity index (χ1n) is 8.78. The van der Waals surface area contributed by atoms with Crippen molar-refractivity contribution in [2.45, 2.75) is 23.9 Å². The molecule has 12 nitrogen and oxygen atoms in total. The van der Waals surface area contributed by atoms with E-state index in [2.05, 4.69) is 10.6 Å². The standard InChI is InChI=1S/C16H21N7O5/c17-3-1-12-19-5-7-21(12)11-9-28-16(25,10-24)15(14(11)23(26)27)22-8-6-20-13(22)2-4-18/h1-2,11,14-15,19-20,24-25H,5-10H2/b12-1+,13-2+. The van der Waals surface area contributed by atoms with Crippen molar-refractivity contribution in [2.24, 2.45) is 0 Å². The molecule has 3 rings (SSSR count). The Morgan fingerprint density at radius 3 is 2.36 bits per heavy atom. The van der Waals surface area contributed by atoms with Crippen LogP contribution in [-0.2, 0) is 4.74 Å². The van der Waals surface area contributed by atoms with Gasteiger partial charge in [-0.15, -0.1) is 0 Å². The number of nitriles is 2. The fourth-order valence-electron chi connectivity index (χ4n) is 4.06. The lowest BCUT2D eigenvalue weighted by Crippen LogP contribution is -2.72. The van der Waals surface area contributed by atoms with Crippen LogP contribution in [0.4, 0.5) is 0 Å². The number of allylic oxidation sites excluding steroid dienone is 2. The van der Waals surface area contributed by atoms with Gasteiger partial charge in [0.2, 0.25) is 5.79 Å². The zero-order chi connectivity index (χ0) is 20.3. The van der Waals surface area contributed by atoms with Crippen LogP contribution in [0.2, 0.25) is 0 Å². The average Bonchev–Trinajstić information content (AvgIpc) is 3.31. The lowest BCUT2D eigenvalue weighted by Gasteiger charge is -2.48. The summed E-state index contributed by atoms with van der Waals surface area (Å²) >= 11 is 0. The predicted molar refractivity (Wildman–Crippen MR) is 93.2 cm³/mol. The molecule has 3 aliphatic heterocycles. The zero-order valence-electron chi connectivity index (χ0n) is 15.0. The Balaban J connectivity index is 2.04. The fraction of sp³-hybridized carbons (Fsp3) is 0.625. The van der Waals surface area contributed by atoms with Crippen LogP contribution in [0.5, 0.6) is 0 Å². The lowest BCUT2D eigenvalue weighted by molar-refractivity contribution is -0.557. The van der Waals surface area contributed by atoms with Crippen LogP contribution in [0.25, 0.3) is 0 Å². The molecule has 0 saturated carbocycles. The van der Waals surface area contributed by atoms with E-state index in [1.807, 2.05) is 12.1 Å². The minimum atomic E-state index is -2.18. The molecule has 0 spiro atoms. The van der Waals surface area contributed by atoms with Crippen molar-refractivity contribution in [3.63, 3.8) is 0 Å². The summed E-state index contributed by atoms with van der Waals surface area (Å²) in [6.07, 6.45) is 2.47. The van der Waals surface area contributed by atoms with Gasteiger partial charge in [0.15, 0.2) is 6.04 Å². The highest BCUT2D eigenvalue weighted by Gasteiger charge is 2.61. The van der Waals surface area contributed by atoms with E-state index in [-0.39, 0.29) is 6.61 Å². The number of aliphatic hydroxyl groups is 2. The third kappa shape index (κ3) is 3.29. The molecule has 28 heavy (non-hydrogen) atoms. The smallest absolute Gasteiger partial charge is 0.260 e. The summed E-state index contributed by atoms with van der Waals surface area (Å²) in [5.41, 5.74) is 0. The molecule has 0 aromatic heterocycles. The Kier molecular flexibility index (Phi) is 5.56. The van der Waals surface area contributed by atoms with E-state index in [4.69, 9.17) is 15.3 Å². The minimum Gasteiger partial charge on any atom is -0.391 e. The quantitative estimate of drug-likeness (QED) is 0.229. The largest absolute Gasteiger partial charge is 0.391 e. The Bertz CT molecular complexity index is 772. The summed E-state index contributed by atoms with van der Waals surface area (Å²) in [4.78, 5) is 14.8. The molecule has 4 N–H and O–H groups in total. The van der Waals surface area contributed by atoms with E-state index in [1.54, 1.807) is 4.90 Å². The summed E-state index contributed by atoms with van der Waals surface area (Å²) in [5.74, 6) is -1.41. The normalized spacial score (nSPS) is 35.4. The summed E-state index contributed by atoms with van der Waals surface area (Å²) < 4.78 is 5.54. The van der Waals surface area contributed by atoms with Crippen LogP contribution >= 0.6 is 0 Å². The number of nitro groups is 1. The highest BCUT2D eigenvalue weighted by atomic mass is 16.7. The first-order valence-corrected chi connectivity index (χ1v) is 8.78. The van der Waals surface area contributed by atoms with Crippen LogP contribution < -0.4 is 10.6 Å². The molecular formula is C16H21N7O5. The SMILES string of the molecule is N#C/C=C1\NCCN1C1COC(O)(CO)C(N2CCN/C2=C\C#N)C1[N+](=O)[O-]. The van der Waals surface area contributed by atoms with Gasteiger partial charge < -0.3 is 35.4 Å². The summed E-state index contributed by atoms with van der Waals surface area (Å²) in [6.45, 7) is 0.599. The third-order valence-corrected chi connectivity index (χ3v) is 5.23. The maximum atomic E-state index is 12.1. The number of nitrogens with zero attached hydrogens (tertiary/aromatic N) is 5.